The molecule has 3 rings (SSSR count). The Balaban J connectivity index is 1.67. The standard InChI is InChI=1S/C19H16BrNO5/c1-2-23-17-9-13(10-21)7-14(20)19(17)26-18(22)6-4-12-3-5-15-16(8-12)25-11-24-15/h3,5,7-9H,2,4,6,11H2,1H3. The van der Waals surface area contributed by atoms with Crippen molar-refractivity contribution in [2.24, 2.45) is 0 Å². The summed E-state index contributed by atoms with van der Waals surface area (Å²) in [6, 6.07) is 10.8. The maximum atomic E-state index is 12.3. The van der Waals surface area contributed by atoms with E-state index in [9.17, 15) is 4.79 Å². The number of nitrogens with zero attached hydrogens (tertiary/aromatic N) is 1. The van der Waals surface area contributed by atoms with Crippen LogP contribution in [0.5, 0.6) is 23.0 Å². The highest BCUT2D eigenvalue weighted by molar-refractivity contribution is 9.10. The number of carbonyl (C=O) groups is 1. The quantitative estimate of drug-likeness (QED) is 0.522. The first-order valence-corrected chi connectivity index (χ1v) is 8.85. The van der Waals surface area contributed by atoms with E-state index in [1.54, 1.807) is 12.1 Å². The van der Waals surface area contributed by atoms with Gasteiger partial charge in [-0.15, -0.1) is 0 Å². The predicted octanol–water partition coefficient (Wildman–Crippen LogP) is 3.99. The molecule has 1 aliphatic rings. The Hall–Kier alpha value is -2.72. The molecule has 0 unspecified atom stereocenters. The van der Waals surface area contributed by atoms with E-state index >= 15 is 0 Å². The first-order chi connectivity index (χ1) is 12.6. The molecule has 0 spiro atoms. The van der Waals surface area contributed by atoms with Crippen LogP contribution in [0.1, 0.15) is 24.5 Å². The van der Waals surface area contributed by atoms with Gasteiger partial charge in [0.25, 0.3) is 0 Å². The van der Waals surface area contributed by atoms with Crippen LogP contribution in [0, 0.1) is 11.3 Å². The van der Waals surface area contributed by atoms with Crippen LogP contribution in [-0.2, 0) is 11.2 Å². The summed E-state index contributed by atoms with van der Waals surface area (Å²) in [5.74, 6) is 1.63. The van der Waals surface area contributed by atoms with Gasteiger partial charge < -0.3 is 18.9 Å². The highest BCUT2D eigenvalue weighted by Gasteiger charge is 2.17. The molecule has 0 amide bonds. The van der Waals surface area contributed by atoms with Crippen LogP contribution in [0.3, 0.4) is 0 Å². The van der Waals surface area contributed by atoms with Crippen molar-refractivity contribution in [1.29, 1.82) is 5.26 Å². The highest BCUT2D eigenvalue weighted by atomic mass is 79.9. The van der Waals surface area contributed by atoms with Crippen molar-refractivity contribution < 1.29 is 23.7 Å². The Kier molecular flexibility index (Phi) is 5.64. The predicted molar refractivity (Wildman–Crippen MR) is 96.5 cm³/mol. The summed E-state index contributed by atoms with van der Waals surface area (Å²) in [5.41, 5.74) is 1.37. The second-order valence-corrected chi connectivity index (χ2v) is 6.35. The van der Waals surface area contributed by atoms with Gasteiger partial charge in [-0.2, -0.15) is 5.26 Å². The Morgan fingerprint density at radius 3 is 2.85 bits per heavy atom. The maximum Gasteiger partial charge on any atom is 0.311 e. The normalized spacial score (nSPS) is 11.7. The molecule has 2 aromatic carbocycles. The number of halogens is 1. The molecule has 0 saturated carbocycles. The first-order valence-electron chi connectivity index (χ1n) is 8.06. The van der Waals surface area contributed by atoms with Gasteiger partial charge in [-0.3, -0.25) is 4.79 Å². The maximum absolute atomic E-state index is 12.3. The van der Waals surface area contributed by atoms with Crippen LogP contribution in [-0.4, -0.2) is 19.4 Å². The van der Waals surface area contributed by atoms with E-state index in [1.807, 2.05) is 31.2 Å². The third kappa shape index (κ3) is 4.09. The molecule has 1 heterocycles. The van der Waals surface area contributed by atoms with Crippen molar-refractivity contribution >= 4 is 21.9 Å². The van der Waals surface area contributed by atoms with Crippen molar-refractivity contribution in [3.63, 3.8) is 0 Å². The summed E-state index contributed by atoms with van der Waals surface area (Å²) >= 11 is 3.33. The third-order valence-corrected chi connectivity index (χ3v) is 4.30. The number of fused-ring (bicyclic) bond motifs is 1. The minimum absolute atomic E-state index is 0.192. The third-order valence-electron chi connectivity index (χ3n) is 3.71. The van der Waals surface area contributed by atoms with Crippen molar-refractivity contribution in [3.05, 3.63) is 45.9 Å². The van der Waals surface area contributed by atoms with Crippen LogP contribution in [0.25, 0.3) is 0 Å². The molecule has 0 N–H and O–H groups in total. The van der Waals surface area contributed by atoms with Gasteiger partial charge in [0.2, 0.25) is 6.79 Å². The number of carbonyl (C=O) groups excluding carboxylic acids is 1. The zero-order valence-corrected chi connectivity index (χ0v) is 15.7. The summed E-state index contributed by atoms with van der Waals surface area (Å²) in [6.07, 6.45) is 0.699. The minimum Gasteiger partial charge on any atom is -0.490 e. The summed E-state index contributed by atoms with van der Waals surface area (Å²) in [5, 5.41) is 9.05. The van der Waals surface area contributed by atoms with E-state index in [-0.39, 0.29) is 19.0 Å². The molecule has 1 aliphatic heterocycles. The number of esters is 1. The number of hydrogen-bond donors (Lipinski definition) is 0. The SMILES string of the molecule is CCOc1cc(C#N)cc(Br)c1OC(=O)CCc1ccc2c(c1)OCO2. The lowest BCUT2D eigenvalue weighted by molar-refractivity contribution is -0.134. The number of nitriles is 1. The molecular weight excluding hydrogens is 402 g/mol. The molecule has 6 nitrogen and oxygen atoms in total. The van der Waals surface area contributed by atoms with Crippen LogP contribution >= 0.6 is 15.9 Å². The Bertz CT molecular complexity index is 875. The monoisotopic (exact) mass is 417 g/mol. The van der Waals surface area contributed by atoms with Crippen molar-refractivity contribution in [3.8, 4) is 29.1 Å². The van der Waals surface area contributed by atoms with Crippen molar-refractivity contribution in [2.45, 2.75) is 19.8 Å². The highest BCUT2D eigenvalue weighted by Crippen LogP contribution is 2.37. The van der Waals surface area contributed by atoms with Gasteiger partial charge in [-0.25, -0.2) is 0 Å². The van der Waals surface area contributed by atoms with Gasteiger partial charge in [0.1, 0.15) is 0 Å². The summed E-state index contributed by atoms with van der Waals surface area (Å²) in [4.78, 5) is 12.3. The number of hydrogen-bond acceptors (Lipinski definition) is 6. The average molecular weight is 418 g/mol. The number of benzene rings is 2. The fraction of sp³-hybridized carbons (Fsp3) is 0.263. The Morgan fingerprint density at radius 2 is 2.08 bits per heavy atom. The van der Waals surface area contributed by atoms with Gasteiger partial charge in [0, 0.05) is 12.5 Å². The van der Waals surface area contributed by atoms with Crippen molar-refractivity contribution in [1.82, 2.24) is 0 Å². The molecule has 0 aromatic heterocycles. The summed E-state index contributed by atoms with van der Waals surface area (Å²) in [7, 11) is 0. The first kappa shape index (κ1) is 18.1. The molecule has 0 radical (unpaired) electrons. The zero-order valence-electron chi connectivity index (χ0n) is 14.1. The molecular formula is C19H16BrNO5. The molecule has 0 bridgehead atoms. The van der Waals surface area contributed by atoms with E-state index in [4.69, 9.17) is 24.2 Å². The largest absolute Gasteiger partial charge is 0.490 e. The van der Waals surface area contributed by atoms with Gasteiger partial charge in [-0.1, -0.05) is 6.07 Å². The summed E-state index contributed by atoms with van der Waals surface area (Å²) in [6.45, 7) is 2.43. The Morgan fingerprint density at radius 1 is 1.27 bits per heavy atom. The van der Waals surface area contributed by atoms with Gasteiger partial charge >= 0.3 is 5.97 Å². The van der Waals surface area contributed by atoms with Crippen LogP contribution in [0.2, 0.25) is 0 Å². The van der Waals surface area contributed by atoms with E-state index in [2.05, 4.69) is 15.9 Å². The topological polar surface area (TPSA) is 77.8 Å². The molecule has 0 aliphatic carbocycles. The molecule has 0 saturated heterocycles. The van der Waals surface area contributed by atoms with Crippen LogP contribution in [0.15, 0.2) is 34.8 Å². The molecule has 0 atom stereocenters. The van der Waals surface area contributed by atoms with Crippen LogP contribution < -0.4 is 18.9 Å². The number of rotatable bonds is 6. The fourth-order valence-electron chi connectivity index (χ4n) is 2.50. The van der Waals surface area contributed by atoms with Gasteiger partial charge in [-0.05, 0) is 53.0 Å². The fourth-order valence-corrected chi connectivity index (χ4v) is 3.03. The van der Waals surface area contributed by atoms with E-state index < -0.39 is 5.97 Å². The lowest BCUT2D eigenvalue weighted by Crippen LogP contribution is -2.11. The molecule has 7 heteroatoms. The van der Waals surface area contributed by atoms with Crippen molar-refractivity contribution in [2.75, 3.05) is 13.4 Å². The second kappa shape index (κ2) is 8.11. The molecule has 134 valence electrons. The summed E-state index contributed by atoms with van der Waals surface area (Å²) < 4.78 is 22.1. The smallest absolute Gasteiger partial charge is 0.311 e. The van der Waals surface area contributed by atoms with Crippen LogP contribution in [0.4, 0.5) is 0 Å². The van der Waals surface area contributed by atoms with E-state index in [1.165, 1.54) is 0 Å². The van der Waals surface area contributed by atoms with E-state index in [0.717, 1.165) is 5.56 Å². The minimum atomic E-state index is -0.394. The Labute approximate surface area is 159 Å². The molecule has 0 fully saturated rings. The average Bonchev–Trinajstić information content (AvgIpc) is 3.10. The second-order valence-electron chi connectivity index (χ2n) is 5.49. The lowest BCUT2D eigenvalue weighted by atomic mass is 10.1. The number of aryl methyl sites for hydroxylation is 1. The lowest BCUT2D eigenvalue weighted by Gasteiger charge is -2.13. The van der Waals surface area contributed by atoms with Gasteiger partial charge in [0.05, 0.1) is 22.7 Å². The zero-order chi connectivity index (χ0) is 18.5. The van der Waals surface area contributed by atoms with Gasteiger partial charge in [0.15, 0.2) is 23.0 Å². The number of ether oxygens (including phenoxy) is 4. The molecule has 2 aromatic rings. The molecule has 26 heavy (non-hydrogen) atoms. The van der Waals surface area contributed by atoms with E-state index in [0.29, 0.717) is 40.3 Å².